The number of carbonyl (C=O) groups is 2. The molecule has 1 saturated heterocycles. The maximum Gasteiger partial charge on any atom is 0.296 e. The van der Waals surface area contributed by atoms with Crippen LogP contribution in [0.2, 0.25) is 0 Å². The topological polar surface area (TPSA) is 126 Å². The van der Waals surface area contributed by atoms with Crippen LogP contribution in [0, 0.1) is 5.92 Å². The van der Waals surface area contributed by atoms with Gasteiger partial charge in [0, 0.05) is 23.2 Å². The Labute approximate surface area is 195 Å². The lowest BCUT2D eigenvalue weighted by Gasteiger charge is -2.45. The van der Waals surface area contributed by atoms with Crippen molar-refractivity contribution in [2.75, 3.05) is 20.8 Å². The number of nitrogens with zero attached hydrogens (tertiary/aromatic N) is 1. The molecule has 1 aliphatic carbocycles. The van der Waals surface area contributed by atoms with Crippen LogP contribution in [0.1, 0.15) is 30.5 Å². The van der Waals surface area contributed by atoms with Gasteiger partial charge in [0.2, 0.25) is 11.3 Å². The van der Waals surface area contributed by atoms with Crippen LogP contribution in [0.15, 0.2) is 48.0 Å². The smallest absolute Gasteiger partial charge is 0.296 e. The Bertz CT molecular complexity index is 1270. The highest BCUT2D eigenvalue weighted by atomic mass is 16.6. The van der Waals surface area contributed by atoms with Gasteiger partial charge in [0.15, 0.2) is 11.5 Å². The van der Waals surface area contributed by atoms with Crippen molar-refractivity contribution in [3.05, 3.63) is 64.7 Å². The molecule has 5 rings (SSSR count). The van der Waals surface area contributed by atoms with Crippen molar-refractivity contribution in [2.45, 2.75) is 31.0 Å². The van der Waals surface area contributed by atoms with E-state index in [1.165, 1.54) is 32.4 Å². The number of hydrogen-bond acceptors (Lipinski definition) is 8. The second-order valence-electron chi connectivity index (χ2n) is 9.09. The van der Waals surface area contributed by atoms with Gasteiger partial charge < -0.3 is 34.4 Å². The number of carbonyl (C=O) groups excluding carboxylic acids is 2. The minimum Gasteiger partial charge on any atom is -0.493 e. The fourth-order valence-corrected chi connectivity index (χ4v) is 5.47. The highest BCUT2D eigenvalue weighted by molar-refractivity contribution is 6.48. The molecule has 34 heavy (non-hydrogen) atoms. The van der Waals surface area contributed by atoms with Crippen molar-refractivity contribution in [2.24, 2.45) is 5.92 Å². The predicted octanol–water partition coefficient (Wildman–Crippen LogP) is 1.25. The largest absolute Gasteiger partial charge is 0.493 e. The van der Waals surface area contributed by atoms with Crippen LogP contribution in [-0.4, -0.2) is 58.2 Å². The maximum atomic E-state index is 13.4. The molecule has 2 heterocycles. The van der Waals surface area contributed by atoms with E-state index in [1.807, 2.05) is 13.8 Å². The van der Waals surface area contributed by atoms with Gasteiger partial charge in [-0.15, -0.1) is 0 Å². The molecular weight excluding hydrogens is 442 g/mol. The first kappa shape index (κ1) is 22.4. The summed E-state index contributed by atoms with van der Waals surface area (Å²) < 4.78 is 16.7. The summed E-state index contributed by atoms with van der Waals surface area (Å²) >= 11 is 0. The van der Waals surface area contributed by atoms with E-state index in [1.54, 1.807) is 24.3 Å². The summed E-state index contributed by atoms with van der Waals surface area (Å²) in [5.74, 6) is -6.70. The zero-order valence-electron chi connectivity index (χ0n) is 19.2. The fourth-order valence-electron chi connectivity index (χ4n) is 5.47. The Morgan fingerprint density at radius 2 is 1.62 bits per heavy atom. The van der Waals surface area contributed by atoms with Crippen molar-refractivity contribution in [1.82, 2.24) is 4.90 Å². The number of rotatable bonds is 5. The summed E-state index contributed by atoms with van der Waals surface area (Å²) in [6.07, 6.45) is 0. The zero-order chi connectivity index (χ0) is 24.6. The van der Waals surface area contributed by atoms with Gasteiger partial charge in [0.25, 0.3) is 17.5 Å². The molecule has 2 aliphatic heterocycles. The van der Waals surface area contributed by atoms with E-state index in [2.05, 4.69) is 0 Å². The Hall–Kier alpha value is -3.40. The number of likely N-dealkylation sites (tertiary alicyclic amines) is 1. The molecule has 9 heteroatoms. The second-order valence-corrected chi connectivity index (χ2v) is 9.09. The summed E-state index contributed by atoms with van der Waals surface area (Å²) in [7, 11) is 2.91. The average molecular weight is 467 g/mol. The quantitative estimate of drug-likeness (QED) is 0.443. The molecule has 178 valence electrons. The zero-order valence-corrected chi connectivity index (χ0v) is 19.2. The molecule has 0 bridgehead atoms. The van der Waals surface area contributed by atoms with Gasteiger partial charge in [-0.25, -0.2) is 0 Å². The maximum absolute atomic E-state index is 13.4. The summed E-state index contributed by atoms with van der Waals surface area (Å²) in [6.45, 7) is 3.62. The molecular formula is C25H25NO8. The van der Waals surface area contributed by atoms with Crippen molar-refractivity contribution in [1.29, 1.82) is 0 Å². The molecule has 3 N–H and O–H groups in total. The van der Waals surface area contributed by atoms with Crippen LogP contribution in [-0.2, 0) is 25.9 Å². The van der Waals surface area contributed by atoms with Gasteiger partial charge in [0.1, 0.15) is 5.76 Å². The molecule has 0 unspecified atom stereocenters. The van der Waals surface area contributed by atoms with E-state index >= 15 is 0 Å². The van der Waals surface area contributed by atoms with Crippen LogP contribution >= 0.6 is 0 Å². The van der Waals surface area contributed by atoms with Crippen LogP contribution in [0.5, 0.6) is 11.5 Å². The number of ether oxygens (including phenoxy) is 3. The molecule has 0 radical (unpaired) electrons. The van der Waals surface area contributed by atoms with Gasteiger partial charge in [0.05, 0.1) is 19.8 Å². The SMILES string of the molecule is COc1ccc(C2=C3C(=O)C(=O)N(CC(C)C)[C@]34C(O)(O)c3ccccc3[C@@]4(O)O2)cc1OC. The van der Waals surface area contributed by atoms with Crippen molar-refractivity contribution < 1.29 is 39.1 Å². The fraction of sp³-hybridized carbons (Fsp3) is 0.360. The van der Waals surface area contributed by atoms with Gasteiger partial charge in [-0.3, -0.25) is 9.59 Å². The summed E-state index contributed by atoms with van der Waals surface area (Å²) in [5, 5.41) is 35.3. The number of methoxy groups -OCH3 is 2. The standard InChI is InChI=1S/C25H25NO8/c1-13(2)12-26-22(28)20(27)19-21(14-9-10-17(32-3)18(11-14)33-4)34-25(31)16-8-6-5-7-15(16)24(29,30)23(19,25)26/h5-11,13,29-31H,12H2,1-4H3/t23-,25+/m0/s1. The molecule has 0 saturated carbocycles. The van der Waals surface area contributed by atoms with E-state index in [9.17, 15) is 24.9 Å². The third kappa shape index (κ3) is 2.38. The lowest BCUT2D eigenvalue weighted by atomic mass is 9.78. The number of amides is 1. The number of Topliss-reactive ketones (excluding diaryl/α,β-unsaturated/α-hetero) is 1. The Kier molecular flexibility index (Phi) is 4.64. The minimum absolute atomic E-state index is 0.0180. The van der Waals surface area contributed by atoms with Crippen LogP contribution < -0.4 is 9.47 Å². The van der Waals surface area contributed by atoms with Crippen molar-refractivity contribution in [3.8, 4) is 11.5 Å². The molecule has 2 aromatic rings. The third-order valence-electron chi connectivity index (χ3n) is 6.77. The monoisotopic (exact) mass is 467 g/mol. The molecule has 2 atom stereocenters. The van der Waals surface area contributed by atoms with E-state index in [0.29, 0.717) is 17.1 Å². The highest BCUT2D eigenvalue weighted by Crippen LogP contribution is 2.67. The molecule has 2 aromatic carbocycles. The number of benzene rings is 2. The summed E-state index contributed by atoms with van der Waals surface area (Å²) in [5.41, 5.74) is -2.29. The highest BCUT2D eigenvalue weighted by Gasteiger charge is 2.85. The lowest BCUT2D eigenvalue weighted by Crippen LogP contribution is -2.66. The molecule has 1 amide bonds. The van der Waals surface area contributed by atoms with Crippen molar-refractivity contribution in [3.63, 3.8) is 0 Å². The van der Waals surface area contributed by atoms with E-state index < -0.39 is 28.8 Å². The number of ketones is 1. The Balaban J connectivity index is 1.86. The predicted molar refractivity (Wildman–Crippen MR) is 118 cm³/mol. The molecule has 3 aliphatic rings. The van der Waals surface area contributed by atoms with Crippen LogP contribution in [0.25, 0.3) is 5.76 Å². The Morgan fingerprint density at radius 3 is 2.24 bits per heavy atom. The van der Waals surface area contributed by atoms with Gasteiger partial charge in [-0.05, 0) is 24.1 Å². The van der Waals surface area contributed by atoms with Gasteiger partial charge in [-0.1, -0.05) is 38.1 Å². The average Bonchev–Trinajstić information content (AvgIpc) is 3.28. The van der Waals surface area contributed by atoms with E-state index in [0.717, 1.165) is 4.90 Å². The van der Waals surface area contributed by atoms with E-state index in [4.69, 9.17) is 14.2 Å². The molecule has 9 nitrogen and oxygen atoms in total. The third-order valence-corrected chi connectivity index (χ3v) is 6.77. The first-order valence-corrected chi connectivity index (χ1v) is 10.9. The Morgan fingerprint density at radius 1 is 0.971 bits per heavy atom. The number of hydrogen-bond donors (Lipinski definition) is 3. The van der Waals surface area contributed by atoms with Gasteiger partial charge in [-0.2, -0.15) is 0 Å². The lowest BCUT2D eigenvalue weighted by molar-refractivity contribution is -0.312. The minimum atomic E-state index is -2.82. The normalized spacial score (nSPS) is 26.5. The van der Waals surface area contributed by atoms with Crippen LogP contribution in [0.3, 0.4) is 0 Å². The molecule has 1 spiro atoms. The summed E-state index contributed by atoms with van der Waals surface area (Å²) in [4.78, 5) is 27.8. The van der Waals surface area contributed by atoms with Crippen molar-refractivity contribution >= 4 is 17.4 Å². The number of fused-ring (bicyclic) bond motifs is 2. The molecule has 1 fully saturated rings. The second kappa shape index (κ2) is 7.05. The van der Waals surface area contributed by atoms with Gasteiger partial charge >= 0.3 is 0 Å². The number of aliphatic hydroxyl groups is 3. The van der Waals surface area contributed by atoms with E-state index in [-0.39, 0.29) is 34.9 Å². The summed E-state index contributed by atoms with van der Waals surface area (Å²) in [6, 6.07) is 10.8. The van der Waals surface area contributed by atoms with Crippen LogP contribution in [0.4, 0.5) is 0 Å². The first-order chi connectivity index (χ1) is 16.1. The first-order valence-electron chi connectivity index (χ1n) is 10.9. The molecule has 0 aromatic heterocycles.